The van der Waals surface area contributed by atoms with Crippen LogP contribution in [0, 0.1) is 0 Å². The molecule has 2 aromatic rings. The standard InChI is InChI=1S/C14H14N2O3/c17-7-1-2-14-15-6-5-11(16-14)10-3-4-12-13(8-10)19-9-18-12/h3-6,8,17H,1-2,7,9H2. The second-order valence-corrected chi connectivity index (χ2v) is 4.25. The van der Waals surface area contributed by atoms with E-state index in [-0.39, 0.29) is 13.4 Å². The van der Waals surface area contributed by atoms with Crippen molar-refractivity contribution < 1.29 is 14.6 Å². The van der Waals surface area contributed by atoms with Crippen molar-refractivity contribution in [2.75, 3.05) is 13.4 Å². The van der Waals surface area contributed by atoms with E-state index in [0.29, 0.717) is 12.8 Å². The quantitative estimate of drug-likeness (QED) is 0.905. The van der Waals surface area contributed by atoms with Crippen molar-refractivity contribution in [1.82, 2.24) is 9.97 Å². The molecule has 5 heteroatoms. The van der Waals surface area contributed by atoms with Crippen molar-refractivity contribution in [1.29, 1.82) is 0 Å². The molecule has 0 radical (unpaired) electrons. The molecule has 0 bridgehead atoms. The number of aliphatic hydroxyl groups is 1. The van der Waals surface area contributed by atoms with Crippen molar-refractivity contribution in [2.45, 2.75) is 12.8 Å². The zero-order chi connectivity index (χ0) is 13.1. The molecule has 0 saturated heterocycles. The third-order valence-electron chi connectivity index (χ3n) is 2.93. The van der Waals surface area contributed by atoms with Gasteiger partial charge in [-0.15, -0.1) is 0 Å². The van der Waals surface area contributed by atoms with Crippen LogP contribution in [0.4, 0.5) is 0 Å². The van der Waals surface area contributed by atoms with Gasteiger partial charge in [-0.2, -0.15) is 0 Å². The molecule has 1 N–H and O–H groups in total. The third-order valence-corrected chi connectivity index (χ3v) is 2.93. The van der Waals surface area contributed by atoms with Crippen molar-refractivity contribution in [3.8, 4) is 22.8 Å². The predicted molar refractivity (Wildman–Crippen MR) is 69.0 cm³/mol. The monoisotopic (exact) mass is 258 g/mol. The lowest BCUT2D eigenvalue weighted by atomic mass is 10.1. The van der Waals surface area contributed by atoms with E-state index in [1.807, 2.05) is 24.3 Å². The molecule has 0 unspecified atom stereocenters. The second kappa shape index (κ2) is 5.24. The minimum atomic E-state index is 0.150. The van der Waals surface area contributed by atoms with Crippen LogP contribution in [-0.2, 0) is 6.42 Å². The van der Waals surface area contributed by atoms with Gasteiger partial charge in [-0.3, -0.25) is 0 Å². The highest BCUT2D eigenvalue weighted by atomic mass is 16.7. The first-order valence-electron chi connectivity index (χ1n) is 6.19. The van der Waals surface area contributed by atoms with Gasteiger partial charge in [-0.25, -0.2) is 9.97 Å². The van der Waals surface area contributed by atoms with Crippen LogP contribution in [0.1, 0.15) is 12.2 Å². The van der Waals surface area contributed by atoms with Crippen LogP contribution in [0.2, 0.25) is 0 Å². The van der Waals surface area contributed by atoms with E-state index in [0.717, 1.165) is 28.6 Å². The number of hydrogen-bond donors (Lipinski definition) is 1. The number of ether oxygens (including phenoxy) is 2. The number of hydrogen-bond acceptors (Lipinski definition) is 5. The smallest absolute Gasteiger partial charge is 0.231 e. The van der Waals surface area contributed by atoms with Crippen LogP contribution in [0.3, 0.4) is 0 Å². The molecule has 5 nitrogen and oxygen atoms in total. The first-order valence-corrected chi connectivity index (χ1v) is 6.19. The molecule has 0 amide bonds. The average molecular weight is 258 g/mol. The van der Waals surface area contributed by atoms with Crippen LogP contribution in [0.15, 0.2) is 30.5 Å². The van der Waals surface area contributed by atoms with Gasteiger partial charge in [0.25, 0.3) is 0 Å². The molecule has 1 aliphatic rings. The largest absolute Gasteiger partial charge is 0.454 e. The first kappa shape index (κ1) is 11.9. The van der Waals surface area contributed by atoms with E-state index >= 15 is 0 Å². The average Bonchev–Trinajstić information content (AvgIpc) is 2.92. The Kier molecular flexibility index (Phi) is 3.29. The summed E-state index contributed by atoms with van der Waals surface area (Å²) in [5.74, 6) is 2.25. The number of aryl methyl sites for hydroxylation is 1. The maximum absolute atomic E-state index is 8.83. The summed E-state index contributed by atoms with van der Waals surface area (Å²) in [5, 5.41) is 8.83. The molecule has 3 rings (SSSR count). The molecule has 2 heterocycles. The molecule has 0 spiro atoms. The number of benzene rings is 1. The summed E-state index contributed by atoms with van der Waals surface area (Å²) in [4.78, 5) is 8.68. The minimum absolute atomic E-state index is 0.150. The van der Waals surface area contributed by atoms with Crippen LogP contribution < -0.4 is 9.47 Å². The summed E-state index contributed by atoms with van der Waals surface area (Å²) in [6, 6.07) is 7.61. The van der Waals surface area contributed by atoms with Gasteiger partial charge in [0.15, 0.2) is 11.5 Å². The topological polar surface area (TPSA) is 64.5 Å². The van der Waals surface area contributed by atoms with Gasteiger partial charge in [-0.05, 0) is 30.7 Å². The zero-order valence-corrected chi connectivity index (χ0v) is 10.4. The summed E-state index contributed by atoms with van der Waals surface area (Å²) in [6.45, 7) is 0.419. The highest BCUT2D eigenvalue weighted by Gasteiger charge is 2.14. The number of nitrogens with zero attached hydrogens (tertiary/aromatic N) is 2. The summed E-state index contributed by atoms with van der Waals surface area (Å²) >= 11 is 0. The number of fused-ring (bicyclic) bond motifs is 1. The Morgan fingerprint density at radius 1 is 1.16 bits per heavy atom. The Labute approximate surface area is 110 Å². The van der Waals surface area contributed by atoms with E-state index in [1.165, 1.54) is 0 Å². The molecule has 0 aliphatic carbocycles. The second-order valence-electron chi connectivity index (χ2n) is 4.25. The van der Waals surface area contributed by atoms with Gasteiger partial charge in [0.1, 0.15) is 5.82 Å². The Morgan fingerprint density at radius 2 is 2.05 bits per heavy atom. The highest BCUT2D eigenvalue weighted by Crippen LogP contribution is 2.35. The van der Waals surface area contributed by atoms with Gasteiger partial charge in [0.2, 0.25) is 6.79 Å². The maximum Gasteiger partial charge on any atom is 0.231 e. The van der Waals surface area contributed by atoms with Crippen molar-refractivity contribution >= 4 is 0 Å². The Hall–Kier alpha value is -2.14. The van der Waals surface area contributed by atoms with Crippen molar-refractivity contribution in [2.24, 2.45) is 0 Å². The number of aliphatic hydroxyl groups excluding tert-OH is 1. The fourth-order valence-corrected chi connectivity index (χ4v) is 1.97. The summed E-state index contributed by atoms with van der Waals surface area (Å²) in [7, 11) is 0. The van der Waals surface area contributed by atoms with E-state index in [4.69, 9.17) is 14.6 Å². The highest BCUT2D eigenvalue weighted by molar-refractivity contribution is 5.64. The fraction of sp³-hybridized carbons (Fsp3) is 0.286. The lowest BCUT2D eigenvalue weighted by Gasteiger charge is -2.04. The number of rotatable bonds is 4. The normalized spacial score (nSPS) is 12.7. The maximum atomic E-state index is 8.83. The molecule has 1 aromatic heterocycles. The lowest BCUT2D eigenvalue weighted by molar-refractivity contribution is 0.174. The van der Waals surface area contributed by atoms with Gasteiger partial charge >= 0.3 is 0 Å². The molecule has 0 fully saturated rings. The van der Waals surface area contributed by atoms with E-state index in [2.05, 4.69) is 9.97 Å². The van der Waals surface area contributed by atoms with Crippen molar-refractivity contribution in [3.63, 3.8) is 0 Å². The predicted octanol–water partition coefficient (Wildman–Crippen LogP) is 1.80. The van der Waals surface area contributed by atoms with E-state index in [1.54, 1.807) is 6.20 Å². The summed E-state index contributed by atoms with van der Waals surface area (Å²) in [6.07, 6.45) is 3.08. The SMILES string of the molecule is OCCCc1nccc(-c2ccc3c(c2)OCO3)n1. The molecule has 0 saturated carbocycles. The van der Waals surface area contributed by atoms with Crippen LogP contribution in [-0.4, -0.2) is 28.5 Å². The van der Waals surface area contributed by atoms with E-state index in [9.17, 15) is 0 Å². The molecule has 19 heavy (non-hydrogen) atoms. The molecule has 0 atom stereocenters. The zero-order valence-electron chi connectivity index (χ0n) is 10.4. The Balaban J connectivity index is 1.89. The van der Waals surface area contributed by atoms with Crippen LogP contribution in [0.25, 0.3) is 11.3 Å². The molecule has 1 aromatic carbocycles. The first-order chi connectivity index (χ1) is 9.36. The fourth-order valence-electron chi connectivity index (χ4n) is 1.97. The molecule has 98 valence electrons. The van der Waals surface area contributed by atoms with Crippen LogP contribution >= 0.6 is 0 Å². The summed E-state index contributed by atoms with van der Waals surface area (Å²) in [5.41, 5.74) is 1.82. The Bertz CT molecular complexity index is 587. The molecular formula is C14H14N2O3. The molecular weight excluding hydrogens is 244 g/mol. The lowest BCUT2D eigenvalue weighted by Crippen LogP contribution is -1.98. The molecule has 1 aliphatic heterocycles. The van der Waals surface area contributed by atoms with Crippen molar-refractivity contribution in [3.05, 3.63) is 36.3 Å². The van der Waals surface area contributed by atoms with Gasteiger partial charge in [-0.1, -0.05) is 0 Å². The Morgan fingerprint density at radius 3 is 2.95 bits per heavy atom. The van der Waals surface area contributed by atoms with Crippen LogP contribution in [0.5, 0.6) is 11.5 Å². The third kappa shape index (κ3) is 2.51. The summed E-state index contributed by atoms with van der Waals surface area (Å²) < 4.78 is 10.6. The van der Waals surface area contributed by atoms with E-state index < -0.39 is 0 Å². The number of aromatic nitrogens is 2. The van der Waals surface area contributed by atoms with Gasteiger partial charge in [0, 0.05) is 24.8 Å². The van der Waals surface area contributed by atoms with Gasteiger partial charge in [0.05, 0.1) is 5.69 Å². The van der Waals surface area contributed by atoms with Gasteiger partial charge < -0.3 is 14.6 Å². The minimum Gasteiger partial charge on any atom is -0.454 e.